The van der Waals surface area contributed by atoms with Gasteiger partial charge in [-0.15, -0.1) is 0 Å². The molecule has 1 aromatic rings. The average Bonchev–Trinajstić information content (AvgIpc) is 2.73. The van der Waals surface area contributed by atoms with Gasteiger partial charge in [-0.3, -0.25) is 10.3 Å². The van der Waals surface area contributed by atoms with Gasteiger partial charge in [0.15, 0.2) is 0 Å². The highest BCUT2D eigenvalue weighted by Crippen LogP contribution is 2.26. The van der Waals surface area contributed by atoms with Crippen LogP contribution in [0.2, 0.25) is 0 Å². The molecule has 3 N–H and O–H groups in total. The molecule has 21 heavy (non-hydrogen) atoms. The number of halogens is 3. The largest absolute Gasteiger partial charge is 0.465 e. The molecule has 0 bridgehead atoms. The standard InChI is InChI=1S/C11H11F3N4O3/c12-11(13,14)8-5-18(9(19)17-8)4-6-1-2-15-3-7(6)16-10(20)21/h1-3,8,16H,4-5H2,(H,17,19)(H,20,21). The molecule has 0 spiro atoms. The van der Waals surface area contributed by atoms with Gasteiger partial charge in [0.25, 0.3) is 0 Å². The zero-order chi connectivity index (χ0) is 15.6. The quantitative estimate of drug-likeness (QED) is 0.791. The predicted octanol–water partition coefficient (Wildman–Crippen LogP) is 1.63. The Hall–Kier alpha value is -2.52. The van der Waals surface area contributed by atoms with Crippen LogP contribution in [0.15, 0.2) is 18.5 Å². The number of carbonyl (C=O) groups excluding carboxylic acids is 1. The molecule has 114 valence electrons. The summed E-state index contributed by atoms with van der Waals surface area (Å²) in [5, 5.41) is 12.6. The highest BCUT2D eigenvalue weighted by Gasteiger charge is 2.46. The Morgan fingerprint density at radius 3 is 2.86 bits per heavy atom. The molecular weight excluding hydrogens is 293 g/mol. The summed E-state index contributed by atoms with van der Waals surface area (Å²) < 4.78 is 37.7. The molecule has 1 aromatic heterocycles. The first-order chi connectivity index (χ1) is 9.77. The molecule has 1 atom stereocenters. The molecule has 7 nitrogen and oxygen atoms in total. The number of hydrogen-bond donors (Lipinski definition) is 3. The number of nitrogens with one attached hydrogen (secondary N) is 2. The van der Waals surface area contributed by atoms with Gasteiger partial charge in [-0.1, -0.05) is 0 Å². The third-order valence-corrected chi connectivity index (χ3v) is 2.90. The Bertz CT molecular complexity index is 564. The summed E-state index contributed by atoms with van der Waals surface area (Å²) in [5.41, 5.74) is 0.471. The molecule has 1 aliphatic heterocycles. The number of aromatic nitrogens is 1. The lowest BCUT2D eigenvalue weighted by molar-refractivity contribution is -0.149. The fourth-order valence-corrected chi connectivity index (χ4v) is 1.91. The molecule has 3 amide bonds. The predicted molar refractivity (Wildman–Crippen MR) is 64.7 cm³/mol. The van der Waals surface area contributed by atoms with Crippen LogP contribution in [0.1, 0.15) is 5.56 Å². The number of carbonyl (C=O) groups is 2. The number of alkyl halides is 3. The van der Waals surface area contributed by atoms with E-state index in [2.05, 4.69) is 10.3 Å². The Kier molecular flexibility index (Phi) is 3.87. The highest BCUT2D eigenvalue weighted by molar-refractivity contribution is 5.84. The minimum Gasteiger partial charge on any atom is -0.465 e. The Balaban J connectivity index is 2.12. The summed E-state index contributed by atoms with van der Waals surface area (Å²) in [6.45, 7) is -0.687. The number of amides is 3. The zero-order valence-electron chi connectivity index (χ0n) is 10.5. The highest BCUT2D eigenvalue weighted by atomic mass is 19.4. The van der Waals surface area contributed by atoms with Gasteiger partial charge in [-0.05, 0) is 11.6 Å². The van der Waals surface area contributed by atoms with Crippen molar-refractivity contribution in [2.45, 2.75) is 18.8 Å². The number of anilines is 1. The monoisotopic (exact) mass is 304 g/mol. The van der Waals surface area contributed by atoms with Crippen LogP contribution in [-0.4, -0.2) is 45.9 Å². The molecule has 2 rings (SSSR count). The Labute approximate surface area is 116 Å². The van der Waals surface area contributed by atoms with E-state index in [-0.39, 0.29) is 12.2 Å². The third-order valence-electron chi connectivity index (χ3n) is 2.90. The van der Waals surface area contributed by atoms with Gasteiger partial charge < -0.3 is 15.3 Å². The van der Waals surface area contributed by atoms with E-state index >= 15 is 0 Å². The minimum atomic E-state index is -4.52. The first kappa shape index (κ1) is 14.9. The van der Waals surface area contributed by atoms with Crippen LogP contribution in [0.4, 0.5) is 28.4 Å². The smallest absolute Gasteiger partial charge is 0.410 e. The van der Waals surface area contributed by atoms with E-state index in [0.717, 1.165) is 4.90 Å². The van der Waals surface area contributed by atoms with Crippen LogP contribution in [0, 0.1) is 0 Å². The van der Waals surface area contributed by atoms with Crippen LogP contribution < -0.4 is 10.6 Å². The summed E-state index contributed by atoms with van der Waals surface area (Å²) in [6, 6.07) is -1.35. The summed E-state index contributed by atoms with van der Waals surface area (Å²) in [7, 11) is 0. The van der Waals surface area contributed by atoms with Gasteiger partial charge in [0, 0.05) is 12.7 Å². The molecule has 0 radical (unpaired) electrons. The third kappa shape index (κ3) is 3.52. The van der Waals surface area contributed by atoms with E-state index in [1.165, 1.54) is 18.5 Å². The topological polar surface area (TPSA) is 94.6 Å². The number of nitrogens with zero attached hydrogens (tertiary/aromatic N) is 2. The van der Waals surface area contributed by atoms with Gasteiger partial charge in [-0.25, -0.2) is 9.59 Å². The van der Waals surface area contributed by atoms with Crippen LogP contribution in [0.5, 0.6) is 0 Å². The van der Waals surface area contributed by atoms with Crippen molar-refractivity contribution < 1.29 is 27.9 Å². The molecular formula is C11H11F3N4O3. The number of hydrogen-bond acceptors (Lipinski definition) is 3. The summed E-state index contributed by atoms with van der Waals surface area (Å²) in [6.07, 6.45) is -3.27. The molecule has 10 heteroatoms. The molecule has 1 aliphatic rings. The Morgan fingerprint density at radius 1 is 1.57 bits per heavy atom. The van der Waals surface area contributed by atoms with Crippen molar-refractivity contribution >= 4 is 17.8 Å². The number of urea groups is 1. The van der Waals surface area contributed by atoms with Crippen LogP contribution in [-0.2, 0) is 6.54 Å². The van der Waals surface area contributed by atoms with Crippen molar-refractivity contribution in [2.75, 3.05) is 11.9 Å². The van der Waals surface area contributed by atoms with Crippen molar-refractivity contribution in [1.29, 1.82) is 0 Å². The zero-order valence-corrected chi connectivity index (χ0v) is 10.5. The second-order valence-corrected chi connectivity index (χ2v) is 4.39. The molecule has 1 fully saturated rings. The molecule has 1 unspecified atom stereocenters. The van der Waals surface area contributed by atoms with E-state index in [9.17, 15) is 22.8 Å². The van der Waals surface area contributed by atoms with Gasteiger partial charge in [0.2, 0.25) is 0 Å². The van der Waals surface area contributed by atoms with Crippen LogP contribution in [0.3, 0.4) is 0 Å². The lowest BCUT2D eigenvalue weighted by Gasteiger charge is -2.17. The van der Waals surface area contributed by atoms with E-state index in [1.54, 1.807) is 0 Å². The van der Waals surface area contributed by atoms with E-state index < -0.39 is 30.9 Å². The normalized spacial score (nSPS) is 18.5. The van der Waals surface area contributed by atoms with Gasteiger partial charge >= 0.3 is 18.3 Å². The van der Waals surface area contributed by atoms with Crippen molar-refractivity contribution in [1.82, 2.24) is 15.2 Å². The van der Waals surface area contributed by atoms with Gasteiger partial charge in [0.05, 0.1) is 18.4 Å². The molecule has 2 heterocycles. The maximum atomic E-state index is 12.6. The second-order valence-electron chi connectivity index (χ2n) is 4.39. The minimum absolute atomic E-state index is 0.119. The van der Waals surface area contributed by atoms with E-state index in [4.69, 9.17) is 5.11 Å². The lowest BCUT2D eigenvalue weighted by Crippen LogP contribution is -2.40. The van der Waals surface area contributed by atoms with Crippen LogP contribution in [0.25, 0.3) is 0 Å². The molecule has 0 aromatic carbocycles. The molecule has 0 aliphatic carbocycles. The summed E-state index contributed by atoms with van der Waals surface area (Å²) in [5.74, 6) is 0. The van der Waals surface area contributed by atoms with Gasteiger partial charge in [-0.2, -0.15) is 13.2 Å². The summed E-state index contributed by atoms with van der Waals surface area (Å²) >= 11 is 0. The first-order valence-electron chi connectivity index (χ1n) is 5.82. The number of rotatable bonds is 3. The average molecular weight is 304 g/mol. The summed E-state index contributed by atoms with van der Waals surface area (Å²) in [4.78, 5) is 26.8. The maximum Gasteiger partial charge on any atom is 0.410 e. The van der Waals surface area contributed by atoms with E-state index in [0.29, 0.717) is 5.56 Å². The van der Waals surface area contributed by atoms with Gasteiger partial charge in [0.1, 0.15) is 6.04 Å². The fourth-order valence-electron chi connectivity index (χ4n) is 1.91. The number of carboxylic acid groups (broad SMARTS) is 1. The Morgan fingerprint density at radius 2 is 2.29 bits per heavy atom. The molecule has 0 saturated carbocycles. The first-order valence-corrected chi connectivity index (χ1v) is 5.82. The number of pyridine rings is 1. The lowest BCUT2D eigenvalue weighted by atomic mass is 10.2. The van der Waals surface area contributed by atoms with Crippen molar-refractivity contribution in [3.05, 3.63) is 24.0 Å². The van der Waals surface area contributed by atoms with Crippen molar-refractivity contribution in [3.63, 3.8) is 0 Å². The second kappa shape index (κ2) is 5.46. The SMILES string of the molecule is O=C(O)Nc1cnccc1CN1CC(C(F)(F)F)NC1=O. The fraction of sp³-hybridized carbons (Fsp3) is 0.364. The van der Waals surface area contributed by atoms with E-state index in [1.807, 2.05) is 5.32 Å². The maximum absolute atomic E-state index is 12.6. The van der Waals surface area contributed by atoms with Crippen molar-refractivity contribution in [2.24, 2.45) is 0 Å². The molecule has 1 saturated heterocycles. The van der Waals surface area contributed by atoms with Crippen LogP contribution >= 0.6 is 0 Å². The van der Waals surface area contributed by atoms with Crippen molar-refractivity contribution in [3.8, 4) is 0 Å².